The summed E-state index contributed by atoms with van der Waals surface area (Å²) in [6.07, 6.45) is 1.75. The molecule has 0 atom stereocenters. The van der Waals surface area contributed by atoms with E-state index in [0.29, 0.717) is 25.2 Å². The van der Waals surface area contributed by atoms with Gasteiger partial charge in [0.1, 0.15) is 11.3 Å². The van der Waals surface area contributed by atoms with E-state index < -0.39 is 10.0 Å². The lowest BCUT2D eigenvalue weighted by molar-refractivity contribution is 0.0947. The molecule has 0 unspecified atom stereocenters. The van der Waals surface area contributed by atoms with Crippen LogP contribution in [0.3, 0.4) is 0 Å². The second-order valence-corrected chi connectivity index (χ2v) is 12.2. The quantitative estimate of drug-likeness (QED) is 0.362. The van der Waals surface area contributed by atoms with E-state index in [1.165, 1.54) is 16.4 Å². The molecule has 0 aliphatic carbocycles. The van der Waals surface area contributed by atoms with Gasteiger partial charge >= 0.3 is 0 Å². The molecule has 38 heavy (non-hydrogen) atoms. The molecule has 2 heterocycles. The molecule has 1 aliphatic heterocycles. The van der Waals surface area contributed by atoms with Crippen molar-refractivity contribution in [1.29, 1.82) is 0 Å². The molecule has 1 N–H and O–H groups in total. The lowest BCUT2D eigenvalue weighted by Crippen LogP contribution is -2.48. The number of unbranched alkanes of at least 4 members (excludes halogenated alkanes) is 1. The van der Waals surface area contributed by atoms with Gasteiger partial charge in [0.05, 0.1) is 16.7 Å². The van der Waals surface area contributed by atoms with Crippen molar-refractivity contribution in [1.82, 2.24) is 19.5 Å². The largest absolute Gasteiger partial charge is 0.494 e. The lowest BCUT2D eigenvalue weighted by Gasteiger charge is -2.34. The number of nitrogens with zero attached hydrogens (tertiary/aromatic N) is 4. The molecule has 1 aromatic heterocycles. The fourth-order valence-corrected chi connectivity index (χ4v) is 7.04. The number of piperazine rings is 1. The number of carbonyl (C=O) groups is 1. The number of thiazole rings is 1. The Labute approximate surface area is 229 Å². The van der Waals surface area contributed by atoms with E-state index in [-0.39, 0.29) is 10.8 Å². The minimum absolute atomic E-state index is 0.200. The molecule has 0 radical (unpaired) electrons. The average molecular weight is 560 g/mol. The van der Waals surface area contributed by atoms with Gasteiger partial charge in [-0.25, -0.2) is 13.4 Å². The maximum absolute atomic E-state index is 12.9. The predicted octanol–water partition coefficient (Wildman–Crippen LogP) is 3.67. The Kier molecular flexibility index (Phi) is 9.59. The number of benzene rings is 2. The Bertz CT molecular complexity index is 1320. The molecular formula is C27H37N5O4S2. The zero-order valence-electron chi connectivity index (χ0n) is 22.4. The first-order valence-electron chi connectivity index (χ1n) is 13.2. The molecule has 1 saturated heterocycles. The molecule has 4 rings (SSSR count). The summed E-state index contributed by atoms with van der Waals surface area (Å²) in [6.45, 7) is 9.61. The summed E-state index contributed by atoms with van der Waals surface area (Å²) in [7, 11) is -1.89. The lowest BCUT2D eigenvalue weighted by atomic mass is 10.2. The molecule has 1 fully saturated rings. The van der Waals surface area contributed by atoms with Crippen LogP contribution in [0.1, 0.15) is 37.0 Å². The fourth-order valence-electron chi connectivity index (χ4n) is 4.51. The molecule has 1 amide bonds. The third-order valence-corrected chi connectivity index (χ3v) is 9.88. The minimum Gasteiger partial charge on any atom is -0.494 e. The summed E-state index contributed by atoms with van der Waals surface area (Å²) in [4.78, 5) is 22.3. The van der Waals surface area contributed by atoms with E-state index in [1.54, 1.807) is 30.6 Å². The highest BCUT2D eigenvalue weighted by Gasteiger charge is 2.23. The third kappa shape index (κ3) is 6.45. The van der Waals surface area contributed by atoms with Crippen LogP contribution in [-0.4, -0.2) is 88.0 Å². The molecule has 9 nitrogen and oxygen atoms in total. The Hall–Kier alpha value is -2.73. The second-order valence-electron chi connectivity index (χ2n) is 9.26. The fraction of sp³-hybridized carbons (Fsp3) is 0.481. The van der Waals surface area contributed by atoms with Gasteiger partial charge in [0.25, 0.3) is 5.91 Å². The molecular weight excluding hydrogens is 522 g/mol. The number of fused-ring (bicyclic) bond motifs is 1. The summed E-state index contributed by atoms with van der Waals surface area (Å²) in [5, 5.41) is 3.97. The van der Waals surface area contributed by atoms with Crippen molar-refractivity contribution in [3.05, 3.63) is 48.0 Å². The van der Waals surface area contributed by atoms with E-state index in [1.807, 2.05) is 26.0 Å². The Morgan fingerprint density at radius 2 is 1.84 bits per heavy atom. The van der Waals surface area contributed by atoms with Crippen LogP contribution < -0.4 is 15.0 Å². The predicted molar refractivity (Wildman–Crippen MR) is 153 cm³/mol. The molecule has 1 aliphatic rings. The van der Waals surface area contributed by atoms with Gasteiger partial charge in [-0.15, -0.1) is 0 Å². The Morgan fingerprint density at radius 1 is 1.11 bits per heavy atom. The smallest absolute Gasteiger partial charge is 0.251 e. The van der Waals surface area contributed by atoms with Crippen LogP contribution in [0.25, 0.3) is 10.2 Å². The number of sulfonamides is 1. The summed E-state index contributed by atoms with van der Waals surface area (Å²) in [5.41, 5.74) is 1.36. The number of hydrogen-bond donors (Lipinski definition) is 1. The summed E-state index contributed by atoms with van der Waals surface area (Å²) in [5.74, 6) is 0.597. The maximum Gasteiger partial charge on any atom is 0.251 e. The number of anilines is 1. The van der Waals surface area contributed by atoms with Gasteiger partial charge < -0.3 is 15.0 Å². The normalized spacial score (nSPS) is 14.8. The van der Waals surface area contributed by atoms with Gasteiger partial charge in [0.15, 0.2) is 5.13 Å². The van der Waals surface area contributed by atoms with E-state index in [0.717, 1.165) is 66.7 Å². The van der Waals surface area contributed by atoms with Crippen molar-refractivity contribution >= 4 is 42.6 Å². The highest BCUT2D eigenvalue weighted by atomic mass is 32.2. The number of rotatable bonds is 12. The summed E-state index contributed by atoms with van der Waals surface area (Å²) >= 11 is 1.68. The number of nitrogens with one attached hydrogen (secondary N) is 1. The first kappa shape index (κ1) is 28.3. The molecule has 0 bridgehead atoms. The Balaban J connectivity index is 1.24. The SMILES string of the molecule is CCCCN(CC)S(=O)(=O)c1ccc(C(=O)NCCN2CCN(c3nc4c(OC)cccc4s3)CC2)cc1. The zero-order chi connectivity index (χ0) is 27.1. The first-order valence-corrected chi connectivity index (χ1v) is 15.4. The van der Waals surface area contributed by atoms with Crippen LogP contribution in [0.5, 0.6) is 5.75 Å². The van der Waals surface area contributed by atoms with Gasteiger partial charge in [0.2, 0.25) is 10.0 Å². The van der Waals surface area contributed by atoms with Gasteiger partial charge in [-0.2, -0.15) is 4.31 Å². The highest BCUT2D eigenvalue weighted by Crippen LogP contribution is 2.34. The van der Waals surface area contributed by atoms with Crippen molar-refractivity contribution in [2.24, 2.45) is 0 Å². The number of amides is 1. The number of hydrogen-bond acceptors (Lipinski definition) is 8. The highest BCUT2D eigenvalue weighted by molar-refractivity contribution is 7.89. The molecule has 11 heteroatoms. The standard InChI is InChI=1S/C27H37N5O4S2/c1-4-6-15-32(5-2)38(34,35)22-12-10-21(11-13-22)26(33)28-14-16-30-17-19-31(20-18-30)27-29-25-23(36-3)8-7-9-24(25)37-27/h7-13H,4-6,14-20H2,1-3H3,(H,28,33). The second kappa shape index (κ2) is 12.9. The summed E-state index contributed by atoms with van der Waals surface area (Å²) in [6, 6.07) is 12.2. The zero-order valence-corrected chi connectivity index (χ0v) is 24.0. The van der Waals surface area contributed by atoms with Crippen molar-refractivity contribution in [3.63, 3.8) is 0 Å². The van der Waals surface area contributed by atoms with Gasteiger partial charge in [-0.3, -0.25) is 9.69 Å². The van der Waals surface area contributed by atoms with E-state index in [4.69, 9.17) is 9.72 Å². The minimum atomic E-state index is -3.55. The van der Waals surface area contributed by atoms with Gasteiger partial charge in [-0.05, 0) is 42.8 Å². The van der Waals surface area contributed by atoms with Crippen LogP contribution >= 0.6 is 11.3 Å². The van der Waals surface area contributed by atoms with Crippen LogP contribution in [0, 0.1) is 0 Å². The topological polar surface area (TPSA) is 95.1 Å². The number of ether oxygens (including phenoxy) is 1. The molecule has 2 aromatic carbocycles. The van der Waals surface area contributed by atoms with Crippen molar-refractivity contribution in [3.8, 4) is 5.75 Å². The van der Waals surface area contributed by atoms with Crippen molar-refractivity contribution in [2.45, 2.75) is 31.6 Å². The summed E-state index contributed by atoms with van der Waals surface area (Å²) < 4.78 is 33.8. The van der Waals surface area contributed by atoms with Crippen molar-refractivity contribution in [2.75, 3.05) is 64.4 Å². The number of para-hydroxylation sites is 1. The number of methoxy groups -OCH3 is 1. The van der Waals surface area contributed by atoms with Crippen LogP contribution in [0.2, 0.25) is 0 Å². The van der Waals surface area contributed by atoms with E-state index in [2.05, 4.69) is 21.2 Å². The van der Waals surface area contributed by atoms with E-state index >= 15 is 0 Å². The molecule has 3 aromatic rings. The average Bonchev–Trinajstić information content (AvgIpc) is 3.38. The monoisotopic (exact) mass is 559 g/mol. The van der Waals surface area contributed by atoms with Crippen LogP contribution in [0.4, 0.5) is 5.13 Å². The molecule has 0 spiro atoms. The van der Waals surface area contributed by atoms with Crippen LogP contribution in [-0.2, 0) is 10.0 Å². The third-order valence-electron chi connectivity index (χ3n) is 6.82. The van der Waals surface area contributed by atoms with Crippen LogP contribution in [0.15, 0.2) is 47.4 Å². The van der Waals surface area contributed by atoms with Gasteiger partial charge in [-0.1, -0.05) is 37.7 Å². The van der Waals surface area contributed by atoms with Gasteiger partial charge in [0, 0.05) is 57.9 Å². The number of carbonyl (C=O) groups excluding carboxylic acids is 1. The van der Waals surface area contributed by atoms with Crippen molar-refractivity contribution < 1.29 is 17.9 Å². The first-order chi connectivity index (χ1) is 18.4. The van der Waals surface area contributed by atoms with E-state index in [9.17, 15) is 13.2 Å². The maximum atomic E-state index is 12.9. The number of aromatic nitrogens is 1. The molecule has 0 saturated carbocycles. The molecule has 206 valence electrons. The Morgan fingerprint density at radius 3 is 2.50 bits per heavy atom.